The number of aliphatic hydroxyl groups excluding tert-OH is 1. The predicted molar refractivity (Wildman–Crippen MR) is 71.6 cm³/mol. The second kappa shape index (κ2) is 6.21. The van der Waals surface area contributed by atoms with Crippen LogP contribution in [0.5, 0.6) is 5.75 Å². The molecule has 5 nitrogen and oxygen atoms in total. The Hall–Kier alpha value is -1.33. The molecule has 0 amide bonds. The highest BCUT2D eigenvalue weighted by Gasteiger charge is 2.26. The molecule has 0 aliphatic heterocycles. The molecule has 0 unspecified atom stereocenters. The molecule has 0 heterocycles. The summed E-state index contributed by atoms with van der Waals surface area (Å²) in [6, 6.07) is 4.70. The molecular weight excluding hydrogens is 270 g/mol. The van der Waals surface area contributed by atoms with Crippen molar-refractivity contribution in [2.24, 2.45) is 5.92 Å². The van der Waals surface area contributed by atoms with Crippen LogP contribution in [0.2, 0.25) is 5.02 Å². The molecule has 6 heteroatoms. The van der Waals surface area contributed by atoms with Crippen molar-refractivity contribution in [3.05, 3.63) is 33.3 Å². The van der Waals surface area contributed by atoms with E-state index in [1.807, 2.05) is 0 Å². The Labute approximate surface area is 116 Å². The maximum absolute atomic E-state index is 11.0. The molecular formula is C13H16ClNO4. The van der Waals surface area contributed by atoms with Crippen molar-refractivity contribution in [3.8, 4) is 5.75 Å². The zero-order valence-corrected chi connectivity index (χ0v) is 11.2. The summed E-state index contributed by atoms with van der Waals surface area (Å²) in [6.07, 6.45) is 3.33. The van der Waals surface area contributed by atoms with Crippen molar-refractivity contribution in [3.63, 3.8) is 0 Å². The van der Waals surface area contributed by atoms with Gasteiger partial charge in [-0.2, -0.15) is 0 Å². The number of halogens is 1. The number of hydrogen-bond donors (Lipinski definition) is 1. The average molecular weight is 286 g/mol. The van der Waals surface area contributed by atoms with Gasteiger partial charge in [0.25, 0.3) is 0 Å². The standard InChI is InChI=1S/C13H16ClNO4/c14-11-2-1-3-12(13(11)15(17)18)19-10-6-4-9(8-16)5-7-10/h1-3,9-10,16H,4-8H2. The molecule has 1 aliphatic rings. The van der Waals surface area contributed by atoms with Crippen molar-refractivity contribution >= 4 is 17.3 Å². The van der Waals surface area contributed by atoms with Gasteiger partial charge in [-0.05, 0) is 43.7 Å². The molecule has 1 aromatic rings. The number of aliphatic hydroxyl groups is 1. The van der Waals surface area contributed by atoms with Gasteiger partial charge < -0.3 is 9.84 Å². The molecule has 104 valence electrons. The quantitative estimate of drug-likeness (QED) is 0.681. The second-order valence-electron chi connectivity index (χ2n) is 4.79. The molecule has 1 N–H and O–H groups in total. The van der Waals surface area contributed by atoms with Crippen molar-refractivity contribution < 1.29 is 14.8 Å². The van der Waals surface area contributed by atoms with Gasteiger partial charge in [0.15, 0.2) is 5.75 Å². The summed E-state index contributed by atoms with van der Waals surface area (Å²) < 4.78 is 5.71. The SMILES string of the molecule is O=[N+]([O-])c1c(Cl)cccc1OC1CCC(CO)CC1. The topological polar surface area (TPSA) is 72.6 Å². The van der Waals surface area contributed by atoms with Crippen LogP contribution >= 0.6 is 11.6 Å². The van der Waals surface area contributed by atoms with Crippen LogP contribution in [0.25, 0.3) is 0 Å². The molecule has 1 saturated carbocycles. The van der Waals surface area contributed by atoms with Gasteiger partial charge in [-0.25, -0.2) is 0 Å². The van der Waals surface area contributed by atoms with Gasteiger partial charge in [0.2, 0.25) is 0 Å². The highest BCUT2D eigenvalue weighted by Crippen LogP contribution is 2.36. The Bertz CT molecular complexity index is 458. The van der Waals surface area contributed by atoms with Crippen molar-refractivity contribution in [1.82, 2.24) is 0 Å². The maximum Gasteiger partial charge on any atom is 0.329 e. The van der Waals surface area contributed by atoms with E-state index in [-0.39, 0.29) is 29.2 Å². The largest absolute Gasteiger partial charge is 0.483 e. The molecule has 1 aromatic carbocycles. The summed E-state index contributed by atoms with van der Waals surface area (Å²) in [6.45, 7) is 0.198. The highest BCUT2D eigenvalue weighted by atomic mass is 35.5. The molecule has 0 saturated heterocycles. The van der Waals surface area contributed by atoms with Crippen LogP contribution in [0, 0.1) is 16.0 Å². The fourth-order valence-electron chi connectivity index (χ4n) is 2.38. The third kappa shape index (κ3) is 3.36. The number of nitrogens with zero attached hydrogens (tertiary/aromatic N) is 1. The molecule has 2 rings (SSSR count). The number of nitro benzene ring substituents is 1. The van der Waals surface area contributed by atoms with Crippen LogP contribution in [-0.2, 0) is 0 Å². The van der Waals surface area contributed by atoms with E-state index < -0.39 is 4.92 Å². The lowest BCUT2D eigenvalue weighted by Crippen LogP contribution is -2.25. The molecule has 1 fully saturated rings. The van der Waals surface area contributed by atoms with Gasteiger partial charge in [-0.3, -0.25) is 10.1 Å². The Kier molecular flexibility index (Phi) is 4.61. The molecule has 0 radical (unpaired) electrons. The van der Waals surface area contributed by atoms with E-state index >= 15 is 0 Å². The van der Waals surface area contributed by atoms with Crippen LogP contribution in [0.15, 0.2) is 18.2 Å². The number of nitro groups is 1. The molecule has 0 spiro atoms. The third-order valence-electron chi connectivity index (χ3n) is 3.48. The zero-order chi connectivity index (χ0) is 13.8. The Balaban J connectivity index is 2.08. The smallest absolute Gasteiger partial charge is 0.329 e. The van der Waals surface area contributed by atoms with Crippen LogP contribution < -0.4 is 4.74 Å². The number of hydrogen-bond acceptors (Lipinski definition) is 4. The minimum atomic E-state index is -0.517. The fourth-order valence-corrected chi connectivity index (χ4v) is 2.61. The monoisotopic (exact) mass is 285 g/mol. The Morgan fingerprint density at radius 3 is 2.63 bits per heavy atom. The Morgan fingerprint density at radius 2 is 2.05 bits per heavy atom. The summed E-state index contributed by atoms with van der Waals surface area (Å²) in [5, 5.41) is 20.2. The van der Waals surface area contributed by atoms with Crippen LogP contribution in [0.3, 0.4) is 0 Å². The normalized spacial score (nSPS) is 23.1. The summed E-state index contributed by atoms with van der Waals surface area (Å²) in [5.41, 5.74) is -0.173. The lowest BCUT2D eigenvalue weighted by Gasteiger charge is -2.27. The molecule has 0 bridgehead atoms. The zero-order valence-electron chi connectivity index (χ0n) is 10.4. The number of para-hydroxylation sites is 1. The molecule has 0 atom stereocenters. The highest BCUT2D eigenvalue weighted by molar-refractivity contribution is 6.32. The maximum atomic E-state index is 11.0. The number of benzene rings is 1. The summed E-state index contributed by atoms with van der Waals surface area (Å²) in [4.78, 5) is 10.5. The lowest BCUT2D eigenvalue weighted by atomic mass is 9.88. The summed E-state index contributed by atoms with van der Waals surface area (Å²) >= 11 is 5.83. The first-order valence-electron chi connectivity index (χ1n) is 6.32. The second-order valence-corrected chi connectivity index (χ2v) is 5.19. The van der Waals surface area contributed by atoms with Crippen LogP contribution in [0.1, 0.15) is 25.7 Å². The van der Waals surface area contributed by atoms with E-state index in [1.54, 1.807) is 12.1 Å². The van der Waals surface area contributed by atoms with E-state index in [1.165, 1.54) is 6.07 Å². The van der Waals surface area contributed by atoms with Crippen LogP contribution in [-0.4, -0.2) is 22.7 Å². The number of rotatable bonds is 4. The van der Waals surface area contributed by atoms with Crippen molar-refractivity contribution in [2.75, 3.05) is 6.61 Å². The van der Waals surface area contributed by atoms with Gasteiger partial charge in [0.05, 0.1) is 11.0 Å². The van der Waals surface area contributed by atoms with Crippen molar-refractivity contribution in [1.29, 1.82) is 0 Å². The first kappa shape index (κ1) is 14.1. The van der Waals surface area contributed by atoms with E-state index in [4.69, 9.17) is 21.4 Å². The third-order valence-corrected chi connectivity index (χ3v) is 3.78. The minimum Gasteiger partial charge on any atom is -0.483 e. The minimum absolute atomic E-state index is 0.0417. The van der Waals surface area contributed by atoms with Crippen LogP contribution in [0.4, 0.5) is 5.69 Å². The molecule has 19 heavy (non-hydrogen) atoms. The fraction of sp³-hybridized carbons (Fsp3) is 0.538. The predicted octanol–water partition coefficient (Wildman–Crippen LogP) is 3.18. The Morgan fingerprint density at radius 1 is 1.37 bits per heavy atom. The van der Waals surface area contributed by atoms with Gasteiger partial charge in [-0.1, -0.05) is 17.7 Å². The van der Waals surface area contributed by atoms with E-state index in [2.05, 4.69) is 0 Å². The van der Waals surface area contributed by atoms with E-state index in [0.29, 0.717) is 5.92 Å². The van der Waals surface area contributed by atoms with Gasteiger partial charge >= 0.3 is 5.69 Å². The van der Waals surface area contributed by atoms with Crippen molar-refractivity contribution in [2.45, 2.75) is 31.8 Å². The first-order valence-corrected chi connectivity index (χ1v) is 6.70. The van der Waals surface area contributed by atoms with E-state index in [0.717, 1.165) is 25.7 Å². The average Bonchev–Trinajstić information content (AvgIpc) is 2.39. The first-order chi connectivity index (χ1) is 9.11. The summed E-state index contributed by atoms with van der Waals surface area (Å²) in [7, 11) is 0. The van der Waals surface area contributed by atoms with Gasteiger partial charge in [0.1, 0.15) is 5.02 Å². The van der Waals surface area contributed by atoms with Gasteiger partial charge in [-0.15, -0.1) is 0 Å². The van der Waals surface area contributed by atoms with Gasteiger partial charge in [0, 0.05) is 6.61 Å². The van der Waals surface area contributed by atoms with E-state index in [9.17, 15) is 10.1 Å². The lowest BCUT2D eigenvalue weighted by molar-refractivity contribution is -0.385. The number of ether oxygens (including phenoxy) is 1. The summed E-state index contributed by atoms with van der Waals surface area (Å²) in [5.74, 6) is 0.555. The molecule has 1 aliphatic carbocycles. The molecule has 0 aromatic heterocycles.